The normalized spacial score (nSPS) is 15.8. The van der Waals surface area contributed by atoms with Crippen LogP contribution >= 0.6 is 0 Å². The number of esters is 1. The molecule has 0 bridgehead atoms. The smallest absolute Gasteiger partial charge is 0.308 e. The summed E-state index contributed by atoms with van der Waals surface area (Å²) in [6.45, 7) is 12.7. The topological polar surface area (TPSA) is 57.2 Å². The van der Waals surface area contributed by atoms with E-state index in [1.54, 1.807) is 0 Å². The van der Waals surface area contributed by atoms with Gasteiger partial charge in [0, 0.05) is 26.2 Å². The van der Waals surface area contributed by atoms with Gasteiger partial charge in [0.1, 0.15) is 0 Å². The van der Waals surface area contributed by atoms with Crippen molar-refractivity contribution in [1.29, 1.82) is 0 Å². The molecule has 1 heterocycles. The molecule has 28 heavy (non-hydrogen) atoms. The molecule has 1 aromatic carbocycles. The van der Waals surface area contributed by atoms with Crippen LogP contribution in [-0.2, 0) is 22.6 Å². The summed E-state index contributed by atoms with van der Waals surface area (Å²) in [5.41, 5.74) is 2.62. The minimum absolute atomic E-state index is 0.0129. The standard InChI is InChI=1S/C22H36N4O2/c1-5-23-22(26-14-12-18(13-15-26)21(27)28-4)24-16-19-10-8-9-11-20(19)17-25(6-2)7-3/h8-11,18H,5-7,12-17H2,1-4H3,(H,23,24). The zero-order chi connectivity index (χ0) is 20.4. The first-order valence-electron chi connectivity index (χ1n) is 10.5. The first kappa shape index (κ1) is 22.2. The average molecular weight is 389 g/mol. The maximum atomic E-state index is 11.8. The molecule has 0 spiro atoms. The number of guanidine groups is 1. The van der Waals surface area contributed by atoms with Crippen LogP contribution < -0.4 is 5.32 Å². The largest absolute Gasteiger partial charge is 0.469 e. The summed E-state index contributed by atoms with van der Waals surface area (Å²) in [6, 6.07) is 8.58. The van der Waals surface area contributed by atoms with Gasteiger partial charge in [-0.25, -0.2) is 4.99 Å². The number of ether oxygens (including phenoxy) is 1. The molecular formula is C22H36N4O2. The highest BCUT2D eigenvalue weighted by Gasteiger charge is 2.26. The van der Waals surface area contributed by atoms with E-state index in [-0.39, 0.29) is 11.9 Å². The molecule has 1 aliphatic heterocycles. The Hall–Kier alpha value is -2.08. The summed E-state index contributed by atoms with van der Waals surface area (Å²) in [5, 5.41) is 3.41. The Kier molecular flexibility index (Phi) is 9.28. The fraction of sp³-hybridized carbons (Fsp3) is 0.636. The van der Waals surface area contributed by atoms with Gasteiger partial charge in [0.2, 0.25) is 0 Å². The zero-order valence-electron chi connectivity index (χ0n) is 17.9. The van der Waals surface area contributed by atoms with E-state index in [4.69, 9.17) is 9.73 Å². The number of piperidine rings is 1. The van der Waals surface area contributed by atoms with Gasteiger partial charge in [0.25, 0.3) is 0 Å². The van der Waals surface area contributed by atoms with Gasteiger partial charge in [-0.15, -0.1) is 0 Å². The van der Waals surface area contributed by atoms with Crippen LogP contribution in [-0.4, -0.2) is 61.6 Å². The minimum Gasteiger partial charge on any atom is -0.469 e. The van der Waals surface area contributed by atoms with Crippen LogP contribution in [0.1, 0.15) is 44.7 Å². The predicted octanol–water partition coefficient (Wildman–Crippen LogP) is 2.88. The summed E-state index contributed by atoms with van der Waals surface area (Å²) in [4.78, 5) is 21.4. The lowest BCUT2D eigenvalue weighted by molar-refractivity contribution is -0.146. The van der Waals surface area contributed by atoms with Gasteiger partial charge >= 0.3 is 5.97 Å². The van der Waals surface area contributed by atoms with Crippen molar-refractivity contribution in [3.05, 3.63) is 35.4 Å². The number of likely N-dealkylation sites (tertiary alicyclic amines) is 1. The van der Waals surface area contributed by atoms with Crippen molar-refractivity contribution in [2.24, 2.45) is 10.9 Å². The number of carbonyl (C=O) groups is 1. The van der Waals surface area contributed by atoms with Crippen LogP contribution in [0.5, 0.6) is 0 Å². The van der Waals surface area contributed by atoms with Crippen molar-refractivity contribution >= 4 is 11.9 Å². The van der Waals surface area contributed by atoms with Crippen molar-refractivity contribution in [1.82, 2.24) is 15.1 Å². The number of rotatable bonds is 8. The summed E-state index contributed by atoms with van der Waals surface area (Å²) in [7, 11) is 1.47. The van der Waals surface area contributed by atoms with Gasteiger partial charge in [0.05, 0.1) is 19.6 Å². The van der Waals surface area contributed by atoms with Gasteiger partial charge < -0.3 is 15.0 Å². The van der Waals surface area contributed by atoms with E-state index in [2.05, 4.69) is 60.2 Å². The Bertz CT molecular complexity index is 635. The molecule has 6 heteroatoms. The molecule has 0 unspecified atom stereocenters. The maximum absolute atomic E-state index is 11.8. The second-order valence-electron chi connectivity index (χ2n) is 7.18. The molecule has 1 fully saturated rings. The molecule has 156 valence electrons. The first-order valence-corrected chi connectivity index (χ1v) is 10.5. The third-order valence-corrected chi connectivity index (χ3v) is 5.47. The first-order chi connectivity index (χ1) is 13.6. The molecule has 1 N–H and O–H groups in total. The summed E-state index contributed by atoms with van der Waals surface area (Å²) >= 11 is 0. The van der Waals surface area contributed by atoms with Crippen LogP contribution in [0.2, 0.25) is 0 Å². The van der Waals surface area contributed by atoms with E-state index in [0.717, 1.165) is 58.1 Å². The second-order valence-corrected chi connectivity index (χ2v) is 7.18. The highest BCUT2D eigenvalue weighted by atomic mass is 16.5. The number of benzene rings is 1. The van der Waals surface area contributed by atoms with Gasteiger partial charge in [-0.2, -0.15) is 0 Å². The highest BCUT2D eigenvalue weighted by Crippen LogP contribution is 2.19. The van der Waals surface area contributed by atoms with E-state index in [9.17, 15) is 4.79 Å². The minimum atomic E-state index is -0.0908. The second kappa shape index (κ2) is 11.7. The Morgan fingerprint density at radius 3 is 2.39 bits per heavy atom. The summed E-state index contributed by atoms with van der Waals surface area (Å²) < 4.78 is 4.89. The fourth-order valence-electron chi connectivity index (χ4n) is 3.63. The molecule has 1 aliphatic rings. The maximum Gasteiger partial charge on any atom is 0.308 e. The van der Waals surface area contributed by atoms with Gasteiger partial charge in [0.15, 0.2) is 5.96 Å². The quantitative estimate of drug-likeness (QED) is 0.422. The Morgan fingerprint density at radius 1 is 1.18 bits per heavy atom. The van der Waals surface area contributed by atoms with Crippen LogP contribution in [0.15, 0.2) is 29.3 Å². The van der Waals surface area contributed by atoms with Crippen LogP contribution in [0, 0.1) is 5.92 Å². The Morgan fingerprint density at radius 2 is 1.82 bits per heavy atom. The number of hydrogen-bond donors (Lipinski definition) is 1. The van der Waals surface area contributed by atoms with Crippen molar-refractivity contribution in [2.45, 2.75) is 46.7 Å². The Labute approximate surface area is 170 Å². The molecule has 6 nitrogen and oxygen atoms in total. The van der Waals surface area contributed by atoms with E-state index >= 15 is 0 Å². The molecule has 0 aromatic heterocycles. The van der Waals surface area contributed by atoms with Gasteiger partial charge in [-0.1, -0.05) is 38.1 Å². The SMILES string of the molecule is CCNC(=NCc1ccccc1CN(CC)CC)N1CCC(C(=O)OC)CC1. The Balaban J connectivity index is 2.06. The van der Waals surface area contributed by atoms with Crippen molar-refractivity contribution < 1.29 is 9.53 Å². The van der Waals surface area contributed by atoms with E-state index in [1.165, 1.54) is 18.2 Å². The fourth-order valence-corrected chi connectivity index (χ4v) is 3.63. The highest BCUT2D eigenvalue weighted by molar-refractivity contribution is 5.80. The number of methoxy groups -OCH3 is 1. The van der Waals surface area contributed by atoms with E-state index in [1.807, 2.05) is 0 Å². The van der Waals surface area contributed by atoms with Crippen LogP contribution in [0.3, 0.4) is 0 Å². The average Bonchev–Trinajstić information content (AvgIpc) is 2.75. The molecule has 0 amide bonds. The molecule has 0 saturated carbocycles. The van der Waals surface area contributed by atoms with Crippen molar-refractivity contribution in [3.8, 4) is 0 Å². The molecule has 0 atom stereocenters. The number of aliphatic imine (C=N–C) groups is 1. The van der Waals surface area contributed by atoms with Crippen molar-refractivity contribution in [3.63, 3.8) is 0 Å². The molecule has 0 radical (unpaired) electrons. The lowest BCUT2D eigenvalue weighted by atomic mass is 9.97. The zero-order valence-corrected chi connectivity index (χ0v) is 17.9. The lowest BCUT2D eigenvalue weighted by Gasteiger charge is -2.33. The molecule has 2 rings (SSSR count). The van der Waals surface area contributed by atoms with Crippen LogP contribution in [0.25, 0.3) is 0 Å². The third kappa shape index (κ3) is 6.23. The predicted molar refractivity (Wildman–Crippen MR) is 114 cm³/mol. The van der Waals surface area contributed by atoms with Crippen molar-refractivity contribution in [2.75, 3.05) is 39.8 Å². The number of nitrogens with zero attached hydrogens (tertiary/aromatic N) is 3. The molecule has 1 saturated heterocycles. The molecule has 1 aromatic rings. The van der Waals surface area contributed by atoms with Gasteiger partial charge in [-0.3, -0.25) is 9.69 Å². The van der Waals surface area contributed by atoms with Gasteiger partial charge in [-0.05, 0) is 44.0 Å². The monoisotopic (exact) mass is 388 g/mol. The molecular weight excluding hydrogens is 352 g/mol. The molecule has 0 aliphatic carbocycles. The summed E-state index contributed by atoms with van der Waals surface area (Å²) in [6.07, 6.45) is 1.63. The summed E-state index contributed by atoms with van der Waals surface area (Å²) in [5.74, 6) is 0.856. The number of carbonyl (C=O) groups excluding carboxylic acids is 1. The van der Waals surface area contributed by atoms with Crippen LogP contribution in [0.4, 0.5) is 0 Å². The van der Waals surface area contributed by atoms with E-state index < -0.39 is 0 Å². The number of nitrogens with one attached hydrogen (secondary N) is 1. The third-order valence-electron chi connectivity index (χ3n) is 5.47. The van der Waals surface area contributed by atoms with E-state index in [0.29, 0.717) is 6.54 Å². The lowest BCUT2D eigenvalue weighted by Crippen LogP contribution is -2.46. The number of hydrogen-bond acceptors (Lipinski definition) is 4.